The number of benzene rings is 1. The predicted octanol–water partition coefficient (Wildman–Crippen LogP) is 2.31. The van der Waals surface area contributed by atoms with Gasteiger partial charge in [0.25, 0.3) is 0 Å². The Labute approximate surface area is 126 Å². The van der Waals surface area contributed by atoms with Crippen molar-refractivity contribution in [2.24, 2.45) is 5.92 Å². The van der Waals surface area contributed by atoms with Crippen LogP contribution in [0.3, 0.4) is 0 Å². The number of nitrogens with zero attached hydrogens (tertiary/aromatic N) is 1. The maximum atomic E-state index is 11.8. The first-order valence-corrected chi connectivity index (χ1v) is 7.48. The van der Waals surface area contributed by atoms with Crippen LogP contribution >= 0.6 is 0 Å². The Hall–Kier alpha value is -1.75. The van der Waals surface area contributed by atoms with Gasteiger partial charge in [0.1, 0.15) is 0 Å². The van der Waals surface area contributed by atoms with E-state index < -0.39 is 0 Å². The van der Waals surface area contributed by atoms with Crippen molar-refractivity contribution in [2.75, 3.05) is 44.0 Å². The van der Waals surface area contributed by atoms with E-state index in [1.807, 2.05) is 24.1 Å². The minimum absolute atomic E-state index is 0.341. The van der Waals surface area contributed by atoms with Gasteiger partial charge in [0.15, 0.2) is 0 Å². The lowest BCUT2D eigenvalue weighted by Gasteiger charge is -2.22. The van der Waals surface area contributed by atoms with Crippen LogP contribution in [0.15, 0.2) is 18.2 Å². The summed E-state index contributed by atoms with van der Waals surface area (Å²) in [6.07, 6.45) is 2.59. The van der Waals surface area contributed by atoms with Crippen LogP contribution in [0.25, 0.3) is 0 Å². The molecule has 21 heavy (non-hydrogen) atoms. The van der Waals surface area contributed by atoms with E-state index in [0.717, 1.165) is 24.8 Å². The fourth-order valence-corrected chi connectivity index (χ4v) is 2.13. The van der Waals surface area contributed by atoms with E-state index in [1.54, 1.807) is 13.0 Å². The number of likely N-dealkylation sites (N-methyl/N-ethyl adjacent to an activating group) is 1. The first-order valence-electron chi connectivity index (χ1n) is 7.48. The fraction of sp³-hybridized carbons (Fsp3) is 0.562. The molecule has 1 aliphatic carbocycles. The maximum Gasteiger partial charge on any atom is 0.340 e. The predicted molar refractivity (Wildman–Crippen MR) is 83.6 cm³/mol. The molecule has 116 valence electrons. The molecular formula is C16H24N2O3. The molecule has 1 aliphatic rings. The van der Waals surface area contributed by atoms with E-state index in [9.17, 15) is 4.79 Å². The Kier molecular flexibility index (Phi) is 5.44. The molecular weight excluding hydrogens is 268 g/mol. The van der Waals surface area contributed by atoms with Gasteiger partial charge >= 0.3 is 5.97 Å². The average molecular weight is 292 g/mol. The molecule has 0 spiro atoms. The zero-order valence-corrected chi connectivity index (χ0v) is 12.8. The smallest absolute Gasteiger partial charge is 0.340 e. The highest BCUT2D eigenvalue weighted by Crippen LogP contribution is 2.29. The van der Waals surface area contributed by atoms with E-state index in [-0.39, 0.29) is 5.97 Å². The van der Waals surface area contributed by atoms with Crippen LogP contribution in [-0.4, -0.2) is 39.4 Å². The van der Waals surface area contributed by atoms with Gasteiger partial charge in [0.05, 0.1) is 30.2 Å². The first-order chi connectivity index (χ1) is 10.1. The summed E-state index contributed by atoms with van der Waals surface area (Å²) in [7, 11) is 1.95. The highest BCUT2D eigenvalue weighted by molar-refractivity contribution is 5.98. The molecule has 0 radical (unpaired) electrons. The number of nitrogen functional groups attached to an aromatic ring is 1. The summed E-state index contributed by atoms with van der Waals surface area (Å²) in [6.45, 7) is 4.38. The van der Waals surface area contributed by atoms with Crippen LogP contribution in [0.5, 0.6) is 0 Å². The lowest BCUT2D eigenvalue weighted by Crippen LogP contribution is -2.24. The van der Waals surface area contributed by atoms with E-state index in [4.69, 9.17) is 15.2 Å². The van der Waals surface area contributed by atoms with Gasteiger partial charge in [-0.1, -0.05) is 6.07 Å². The van der Waals surface area contributed by atoms with Crippen LogP contribution in [0.4, 0.5) is 11.4 Å². The average Bonchev–Trinajstić information content (AvgIpc) is 3.28. The van der Waals surface area contributed by atoms with Gasteiger partial charge in [-0.25, -0.2) is 4.79 Å². The van der Waals surface area contributed by atoms with Gasteiger partial charge in [-0.3, -0.25) is 0 Å². The molecule has 1 aromatic carbocycles. The second-order valence-electron chi connectivity index (χ2n) is 5.40. The summed E-state index contributed by atoms with van der Waals surface area (Å²) in [5, 5.41) is 0. The Balaban J connectivity index is 1.93. The topological polar surface area (TPSA) is 64.8 Å². The number of carbonyl (C=O) groups is 1. The zero-order valence-electron chi connectivity index (χ0n) is 12.8. The highest BCUT2D eigenvalue weighted by atomic mass is 16.5. The Morgan fingerprint density at radius 2 is 2.19 bits per heavy atom. The van der Waals surface area contributed by atoms with Crippen LogP contribution in [-0.2, 0) is 9.47 Å². The standard InChI is InChI=1S/C16H24N2O3/c1-3-21-16(19)13-5-4-6-14(15(13)17)18(2)9-10-20-11-12-7-8-12/h4-6,12H,3,7-11,17H2,1-2H3. The summed E-state index contributed by atoms with van der Waals surface area (Å²) in [5.74, 6) is 0.391. The molecule has 0 aromatic heterocycles. The summed E-state index contributed by atoms with van der Waals surface area (Å²) in [4.78, 5) is 13.8. The number of ether oxygens (including phenoxy) is 2. The van der Waals surface area contributed by atoms with Gasteiger partial charge in [-0.2, -0.15) is 0 Å². The molecule has 2 N–H and O–H groups in total. The third kappa shape index (κ3) is 4.36. The molecule has 1 aromatic rings. The minimum atomic E-state index is -0.379. The van der Waals surface area contributed by atoms with Gasteiger partial charge < -0.3 is 20.1 Å². The molecule has 0 heterocycles. The highest BCUT2D eigenvalue weighted by Gasteiger charge is 2.21. The molecule has 0 saturated heterocycles. The number of esters is 1. The minimum Gasteiger partial charge on any atom is -0.462 e. The summed E-state index contributed by atoms with van der Waals surface area (Å²) in [5.41, 5.74) is 7.80. The van der Waals surface area contributed by atoms with Gasteiger partial charge in [0.2, 0.25) is 0 Å². The summed E-state index contributed by atoms with van der Waals surface area (Å²) in [6, 6.07) is 5.41. The Morgan fingerprint density at radius 3 is 2.86 bits per heavy atom. The monoisotopic (exact) mass is 292 g/mol. The molecule has 0 unspecified atom stereocenters. The number of hydrogen-bond acceptors (Lipinski definition) is 5. The van der Waals surface area contributed by atoms with Crippen molar-refractivity contribution in [3.05, 3.63) is 23.8 Å². The molecule has 0 aliphatic heterocycles. The Bertz CT molecular complexity index is 486. The van der Waals surface area contributed by atoms with Crippen molar-refractivity contribution in [3.8, 4) is 0 Å². The van der Waals surface area contributed by atoms with Crippen LogP contribution in [0, 0.1) is 5.92 Å². The lowest BCUT2D eigenvalue weighted by molar-refractivity contribution is 0.0527. The fourth-order valence-electron chi connectivity index (χ4n) is 2.13. The molecule has 0 amide bonds. The number of anilines is 2. The van der Waals surface area contributed by atoms with Crippen LogP contribution < -0.4 is 10.6 Å². The molecule has 1 fully saturated rings. The first kappa shape index (κ1) is 15.6. The quantitative estimate of drug-likeness (QED) is 0.452. The molecule has 2 rings (SSSR count). The molecule has 1 saturated carbocycles. The van der Waals surface area contributed by atoms with Gasteiger partial charge in [0, 0.05) is 20.2 Å². The molecule has 0 atom stereocenters. The largest absolute Gasteiger partial charge is 0.462 e. The third-order valence-electron chi connectivity index (χ3n) is 3.61. The van der Waals surface area contributed by atoms with E-state index in [2.05, 4.69) is 0 Å². The van der Waals surface area contributed by atoms with Crippen LogP contribution in [0.1, 0.15) is 30.1 Å². The maximum absolute atomic E-state index is 11.8. The van der Waals surface area contributed by atoms with E-state index in [0.29, 0.717) is 24.5 Å². The Morgan fingerprint density at radius 1 is 1.43 bits per heavy atom. The third-order valence-corrected chi connectivity index (χ3v) is 3.61. The molecule has 5 nitrogen and oxygen atoms in total. The number of rotatable bonds is 8. The second kappa shape index (κ2) is 7.31. The zero-order chi connectivity index (χ0) is 15.2. The summed E-state index contributed by atoms with van der Waals surface area (Å²) < 4.78 is 10.6. The van der Waals surface area contributed by atoms with E-state index >= 15 is 0 Å². The van der Waals surface area contributed by atoms with Crippen molar-refractivity contribution < 1.29 is 14.3 Å². The number of para-hydroxylation sites is 1. The summed E-state index contributed by atoms with van der Waals surface area (Å²) >= 11 is 0. The van der Waals surface area contributed by atoms with Crippen LogP contribution in [0.2, 0.25) is 0 Å². The second-order valence-corrected chi connectivity index (χ2v) is 5.40. The number of hydrogen-bond donors (Lipinski definition) is 1. The van der Waals surface area contributed by atoms with Crippen molar-refractivity contribution in [1.29, 1.82) is 0 Å². The van der Waals surface area contributed by atoms with E-state index in [1.165, 1.54) is 12.8 Å². The van der Waals surface area contributed by atoms with Gasteiger partial charge in [-0.15, -0.1) is 0 Å². The van der Waals surface area contributed by atoms with Crippen molar-refractivity contribution in [3.63, 3.8) is 0 Å². The van der Waals surface area contributed by atoms with Crippen molar-refractivity contribution in [1.82, 2.24) is 0 Å². The van der Waals surface area contributed by atoms with Crippen molar-refractivity contribution >= 4 is 17.3 Å². The molecule has 0 bridgehead atoms. The van der Waals surface area contributed by atoms with Crippen molar-refractivity contribution in [2.45, 2.75) is 19.8 Å². The molecule has 5 heteroatoms. The number of nitrogens with two attached hydrogens (primary N) is 1. The van der Waals surface area contributed by atoms with Gasteiger partial charge in [-0.05, 0) is 37.8 Å². The normalized spacial score (nSPS) is 14.0. The lowest BCUT2D eigenvalue weighted by atomic mass is 10.1. The number of carbonyl (C=O) groups excluding carboxylic acids is 1. The SMILES string of the molecule is CCOC(=O)c1cccc(N(C)CCOCC2CC2)c1N.